The largest absolute Gasteiger partial charge is 0.454 e. The van der Waals surface area contributed by atoms with Gasteiger partial charge in [-0.2, -0.15) is 0 Å². The summed E-state index contributed by atoms with van der Waals surface area (Å²) in [7, 11) is 0. The number of hydrogen-bond donors (Lipinski definition) is 2. The van der Waals surface area contributed by atoms with Crippen molar-refractivity contribution in [2.75, 3.05) is 13.2 Å². The second-order valence-electron chi connectivity index (χ2n) is 5.91. The van der Waals surface area contributed by atoms with Gasteiger partial charge in [0.15, 0.2) is 6.61 Å². The third kappa shape index (κ3) is 5.73. The maximum atomic E-state index is 11.9. The van der Waals surface area contributed by atoms with Gasteiger partial charge in [-0.25, -0.2) is 0 Å². The highest BCUT2D eigenvalue weighted by molar-refractivity contribution is 5.96. The predicted molar refractivity (Wildman–Crippen MR) is 84.8 cm³/mol. The molecule has 2 rings (SSSR count). The summed E-state index contributed by atoms with van der Waals surface area (Å²) >= 11 is 0. The Morgan fingerprint density at radius 3 is 2.70 bits per heavy atom. The van der Waals surface area contributed by atoms with Gasteiger partial charge in [-0.3, -0.25) is 14.4 Å². The minimum Gasteiger partial charge on any atom is -0.454 e. The van der Waals surface area contributed by atoms with Crippen molar-refractivity contribution in [3.63, 3.8) is 0 Å². The van der Waals surface area contributed by atoms with E-state index in [0.717, 1.165) is 18.4 Å². The lowest BCUT2D eigenvalue weighted by atomic mass is 10.1. The molecule has 6 heteroatoms. The van der Waals surface area contributed by atoms with Gasteiger partial charge in [0.1, 0.15) is 6.54 Å². The molecule has 1 saturated carbocycles. The number of hydrogen-bond acceptors (Lipinski definition) is 4. The summed E-state index contributed by atoms with van der Waals surface area (Å²) in [5.41, 5.74) is 1.44. The number of benzene rings is 1. The molecule has 2 amide bonds. The van der Waals surface area contributed by atoms with Gasteiger partial charge in [-0.1, -0.05) is 17.7 Å². The average Bonchev–Trinajstić information content (AvgIpc) is 3.35. The van der Waals surface area contributed by atoms with Crippen molar-refractivity contribution in [1.29, 1.82) is 0 Å². The van der Waals surface area contributed by atoms with Crippen molar-refractivity contribution < 1.29 is 19.1 Å². The number of carbonyl (C=O) groups excluding carboxylic acids is 3. The SMILES string of the molecule is Cc1cccc(C(=O)NCC(=O)OCC(=O)N[C@H](C)C2CC2)c1. The number of carbonyl (C=O) groups is 3. The van der Waals surface area contributed by atoms with E-state index < -0.39 is 5.97 Å². The van der Waals surface area contributed by atoms with Crippen LogP contribution in [0.5, 0.6) is 0 Å². The molecule has 1 aromatic carbocycles. The van der Waals surface area contributed by atoms with Crippen molar-refractivity contribution in [3.8, 4) is 0 Å². The van der Waals surface area contributed by atoms with Crippen LogP contribution >= 0.6 is 0 Å². The van der Waals surface area contributed by atoms with E-state index in [1.807, 2.05) is 19.9 Å². The average molecular weight is 318 g/mol. The van der Waals surface area contributed by atoms with Crippen molar-refractivity contribution in [3.05, 3.63) is 35.4 Å². The third-order valence-corrected chi connectivity index (χ3v) is 3.76. The van der Waals surface area contributed by atoms with Gasteiger partial charge >= 0.3 is 5.97 Å². The normalized spacial score (nSPS) is 14.7. The molecule has 124 valence electrons. The zero-order valence-corrected chi connectivity index (χ0v) is 13.4. The van der Waals surface area contributed by atoms with Crippen LogP contribution in [0.3, 0.4) is 0 Å². The summed E-state index contributed by atoms with van der Waals surface area (Å²) < 4.78 is 4.85. The van der Waals surface area contributed by atoms with Gasteiger partial charge < -0.3 is 15.4 Å². The minimum atomic E-state index is -0.639. The first-order valence-corrected chi connectivity index (χ1v) is 7.75. The van der Waals surface area contributed by atoms with Gasteiger partial charge in [-0.05, 0) is 44.7 Å². The van der Waals surface area contributed by atoms with Crippen molar-refractivity contribution in [2.45, 2.75) is 32.7 Å². The zero-order chi connectivity index (χ0) is 16.8. The van der Waals surface area contributed by atoms with Crippen LogP contribution < -0.4 is 10.6 Å². The summed E-state index contributed by atoms with van der Waals surface area (Å²) in [6, 6.07) is 7.16. The van der Waals surface area contributed by atoms with Gasteiger partial charge in [-0.15, -0.1) is 0 Å². The molecule has 0 aliphatic heterocycles. The molecule has 0 radical (unpaired) electrons. The molecule has 2 N–H and O–H groups in total. The van der Waals surface area contributed by atoms with Crippen LogP contribution in [0, 0.1) is 12.8 Å². The molecule has 0 bridgehead atoms. The molecule has 1 aliphatic rings. The first-order valence-electron chi connectivity index (χ1n) is 7.75. The Morgan fingerprint density at radius 2 is 2.04 bits per heavy atom. The van der Waals surface area contributed by atoms with E-state index in [4.69, 9.17) is 4.74 Å². The highest BCUT2D eigenvalue weighted by Gasteiger charge is 2.28. The van der Waals surface area contributed by atoms with Crippen LogP contribution in [0.15, 0.2) is 24.3 Å². The number of nitrogens with one attached hydrogen (secondary N) is 2. The molecule has 0 saturated heterocycles. The Bertz CT molecular complexity index is 596. The second kappa shape index (κ2) is 7.76. The fourth-order valence-electron chi connectivity index (χ4n) is 2.25. The van der Waals surface area contributed by atoms with Gasteiger partial charge in [0.2, 0.25) is 0 Å². The van der Waals surface area contributed by atoms with Gasteiger partial charge in [0.05, 0.1) is 0 Å². The predicted octanol–water partition coefficient (Wildman–Crippen LogP) is 1.18. The first-order chi connectivity index (χ1) is 11.0. The maximum Gasteiger partial charge on any atom is 0.325 e. The Morgan fingerprint density at radius 1 is 1.30 bits per heavy atom. The summed E-state index contributed by atoms with van der Waals surface area (Å²) in [6.45, 7) is 3.24. The fourth-order valence-corrected chi connectivity index (χ4v) is 2.25. The van der Waals surface area contributed by atoms with Crippen molar-refractivity contribution in [2.24, 2.45) is 5.92 Å². The van der Waals surface area contributed by atoms with Crippen LogP contribution in [-0.4, -0.2) is 37.0 Å². The summed E-state index contributed by atoms with van der Waals surface area (Å²) in [5, 5.41) is 5.26. The highest BCUT2D eigenvalue weighted by Crippen LogP contribution is 2.32. The highest BCUT2D eigenvalue weighted by atomic mass is 16.5. The lowest BCUT2D eigenvalue weighted by molar-refractivity contribution is -0.147. The maximum absolute atomic E-state index is 11.9. The summed E-state index contributed by atoms with van der Waals surface area (Å²) in [6.07, 6.45) is 2.26. The first kappa shape index (κ1) is 17.0. The van der Waals surface area contributed by atoms with Crippen molar-refractivity contribution >= 4 is 17.8 Å². The van der Waals surface area contributed by atoms with E-state index in [1.54, 1.807) is 18.2 Å². The molecule has 1 aliphatic carbocycles. The molecule has 1 fully saturated rings. The Balaban J connectivity index is 1.66. The van der Waals surface area contributed by atoms with Crippen LogP contribution in [0.4, 0.5) is 0 Å². The molecule has 0 heterocycles. The molecule has 6 nitrogen and oxygen atoms in total. The Hall–Kier alpha value is -2.37. The number of rotatable bonds is 7. The van der Waals surface area contributed by atoms with E-state index in [1.165, 1.54) is 0 Å². The monoisotopic (exact) mass is 318 g/mol. The van der Waals surface area contributed by atoms with Crippen LogP contribution in [-0.2, 0) is 14.3 Å². The van der Waals surface area contributed by atoms with E-state index >= 15 is 0 Å². The van der Waals surface area contributed by atoms with E-state index in [2.05, 4.69) is 10.6 Å². The molecule has 0 unspecified atom stereocenters. The third-order valence-electron chi connectivity index (χ3n) is 3.76. The molecular formula is C17H22N2O4. The number of esters is 1. The molecule has 23 heavy (non-hydrogen) atoms. The van der Waals surface area contributed by atoms with Gasteiger partial charge in [0.25, 0.3) is 11.8 Å². The lowest BCUT2D eigenvalue weighted by Crippen LogP contribution is -2.38. The van der Waals surface area contributed by atoms with Crippen LogP contribution in [0.2, 0.25) is 0 Å². The topological polar surface area (TPSA) is 84.5 Å². The number of ether oxygens (including phenoxy) is 1. The number of amides is 2. The standard InChI is InChI=1S/C17H22N2O4/c1-11-4-3-5-14(8-11)17(22)18-9-16(21)23-10-15(20)19-12(2)13-6-7-13/h3-5,8,12-13H,6-7,9-10H2,1-2H3,(H,18,22)(H,19,20)/t12-/m1/s1. The summed E-state index contributed by atoms with van der Waals surface area (Å²) in [4.78, 5) is 35.0. The van der Waals surface area contributed by atoms with E-state index in [0.29, 0.717) is 11.5 Å². The molecule has 0 spiro atoms. The number of aryl methyl sites for hydroxylation is 1. The van der Waals surface area contributed by atoms with E-state index in [9.17, 15) is 14.4 Å². The Labute approximate surface area is 135 Å². The van der Waals surface area contributed by atoms with Gasteiger partial charge in [0, 0.05) is 11.6 Å². The fraction of sp³-hybridized carbons (Fsp3) is 0.471. The van der Waals surface area contributed by atoms with Crippen LogP contribution in [0.1, 0.15) is 35.7 Å². The smallest absolute Gasteiger partial charge is 0.325 e. The molecule has 1 atom stereocenters. The van der Waals surface area contributed by atoms with Crippen LogP contribution in [0.25, 0.3) is 0 Å². The Kier molecular flexibility index (Phi) is 5.73. The zero-order valence-electron chi connectivity index (χ0n) is 13.4. The molecular weight excluding hydrogens is 296 g/mol. The lowest BCUT2D eigenvalue weighted by Gasteiger charge is -2.12. The summed E-state index contributed by atoms with van der Waals surface area (Å²) in [5.74, 6) is -0.760. The quantitative estimate of drug-likeness (QED) is 0.740. The molecule has 1 aromatic rings. The second-order valence-corrected chi connectivity index (χ2v) is 5.91. The molecule has 0 aromatic heterocycles. The van der Waals surface area contributed by atoms with E-state index in [-0.39, 0.29) is 31.0 Å². The van der Waals surface area contributed by atoms with Crippen molar-refractivity contribution in [1.82, 2.24) is 10.6 Å². The minimum absolute atomic E-state index is 0.113.